The maximum atomic E-state index is 14.0. The first-order chi connectivity index (χ1) is 14.7. The summed E-state index contributed by atoms with van der Waals surface area (Å²) in [5.74, 6) is -1.15. The zero-order valence-electron chi connectivity index (χ0n) is 16.3. The SMILES string of the molecule is Fc1cccc(COc2cccc(N(C3CCC3)[N+]34C=CN=CC3=CN=C4)c2)c1F. The average Bonchev–Trinajstić information content (AvgIpc) is 3.16. The van der Waals surface area contributed by atoms with Crippen molar-refractivity contribution >= 4 is 18.2 Å². The fraction of sp³-hybridized carbons (Fsp3) is 0.217. The van der Waals surface area contributed by atoms with Gasteiger partial charge >= 0.3 is 0 Å². The minimum Gasteiger partial charge on any atom is -0.489 e. The van der Waals surface area contributed by atoms with Crippen LogP contribution in [0.2, 0.25) is 0 Å². The monoisotopic (exact) mass is 407 g/mol. The Morgan fingerprint density at radius 1 is 1.10 bits per heavy atom. The van der Waals surface area contributed by atoms with Crippen LogP contribution in [0.1, 0.15) is 24.8 Å². The molecule has 3 aliphatic rings. The van der Waals surface area contributed by atoms with Gasteiger partial charge < -0.3 is 4.74 Å². The van der Waals surface area contributed by atoms with E-state index in [2.05, 4.69) is 15.0 Å². The molecule has 0 aromatic heterocycles. The van der Waals surface area contributed by atoms with Crippen LogP contribution in [0.5, 0.6) is 5.75 Å². The molecule has 7 heteroatoms. The number of quaternary nitrogens is 1. The third-order valence-corrected chi connectivity index (χ3v) is 5.74. The number of halogens is 2. The van der Waals surface area contributed by atoms with Gasteiger partial charge in [0.1, 0.15) is 12.4 Å². The fourth-order valence-electron chi connectivity index (χ4n) is 3.97. The highest BCUT2D eigenvalue weighted by molar-refractivity contribution is 5.82. The number of nitrogens with zero attached hydrogens (tertiary/aromatic N) is 4. The van der Waals surface area contributed by atoms with Gasteiger partial charge in [0, 0.05) is 11.6 Å². The molecule has 1 saturated carbocycles. The smallest absolute Gasteiger partial charge is 0.225 e. The second-order valence-electron chi connectivity index (χ2n) is 7.56. The van der Waals surface area contributed by atoms with Crippen LogP contribution in [0.4, 0.5) is 14.5 Å². The third kappa shape index (κ3) is 3.11. The number of allylic oxidation sites excluding steroid dienone is 1. The summed E-state index contributed by atoms with van der Waals surface area (Å²) in [7, 11) is 0. The van der Waals surface area contributed by atoms with Crippen LogP contribution in [-0.4, -0.2) is 23.2 Å². The minimum atomic E-state index is -0.872. The topological polar surface area (TPSA) is 37.2 Å². The number of aliphatic imine (C=N–C) groups is 2. The molecule has 0 bridgehead atoms. The summed E-state index contributed by atoms with van der Waals surface area (Å²) in [5, 5.41) is 2.31. The van der Waals surface area contributed by atoms with Gasteiger partial charge in [0.05, 0.1) is 30.3 Å². The molecule has 2 aromatic carbocycles. The molecule has 1 fully saturated rings. The van der Waals surface area contributed by atoms with Crippen molar-refractivity contribution in [1.29, 1.82) is 0 Å². The number of benzene rings is 2. The highest BCUT2D eigenvalue weighted by Gasteiger charge is 2.46. The minimum absolute atomic E-state index is 0.0460. The number of hydrogen-bond donors (Lipinski definition) is 0. The van der Waals surface area contributed by atoms with Crippen molar-refractivity contribution in [3.63, 3.8) is 0 Å². The maximum Gasteiger partial charge on any atom is 0.225 e. The zero-order chi connectivity index (χ0) is 20.6. The highest BCUT2D eigenvalue weighted by Crippen LogP contribution is 2.40. The van der Waals surface area contributed by atoms with E-state index in [0.29, 0.717) is 16.4 Å². The molecular formula is C23H21F2N4O+. The number of anilines is 1. The van der Waals surface area contributed by atoms with Crippen LogP contribution in [-0.2, 0) is 6.61 Å². The summed E-state index contributed by atoms with van der Waals surface area (Å²) in [4.78, 5) is 8.65. The number of ether oxygens (including phenoxy) is 1. The largest absolute Gasteiger partial charge is 0.489 e. The average molecular weight is 407 g/mol. The molecule has 1 unspecified atom stereocenters. The van der Waals surface area contributed by atoms with E-state index in [1.165, 1.54) is 18.6 Å². The Morgan fingerprint density at radius 3 is 2.80 bits per heavy atom. The molecular weight excluding hydrogens is 386 g/mol. The van der Waals surface area contributed by atoms with Gasteiger partial charge in [-0.3, -0.25) is 4.99 Å². The van der Waals surface area contributed by atoms with Crippen LogP contribution < -0.4 is 9.75 Å². The lowest BCUT2D eigenvalue weighted by Crippen LogP contribution is -2.61. The first kappa shape index (κ1) is 18.7. The quantitative estimate of drug-likeness (QED) is 0.627. The lowest BCUT2D eigenvalue weighted by Gasteiger charge is -2.46. The summed E-state index contributed by atoms with van der Waals surface area (Å²) >= 11 is 0. The van der Waals surface area contributed by atoms with E-state index in [1.54, 1.807) is 6.20 Å². The molecule has 5 rings (SSSR count). The molecule has 0 radical (unpaired) electrons. The Bertz CT molecular complexity index is 1090. The van der Waals surface area contributed by atoms with Crippen molar-refractivity contribution < 1.29 is 18.1 Å². The Balaban J connectivity index is 1.45. The van der Waals surface area contributed by atoms with E-state index in [4.69, 9.17) is 4.74 Å². The molecule has 2 aromatic rings. The van der Waals surface area contributed by atoms with E-state index in [9.17, 15) is 8.78 Å². The first-order valence-corrected chi connectivity index (χ1v) is 9.97. The van der Waals surface area contributed by atoms with Crippen LogP contribution in [0.25, 0.3) is 0 Å². The van der Waals surface area contributed by atoms with E-state index in [-0.39, 0.29) is 12.2 Å². The van der Waals surface area contributed by atoms with Crippen molar-refractivity contribution in [3.8, 4) is 5.75 Å². The van der Waals surface area contributed by atoms with Crippen molar-refractivity contribution in [3.05, 3.63) is 84.0 Å². The van der Waals surface area contributed by atoms with Gasteiger partial charge in [0.25, 0.3) is 0 Å². The lowest BCUT2D eigenvalue weighted by molar-refractivity contribution is -0.746. The molecule has 1 atom stereocenters. The second-order valence-corrected chi connectivity index (χ2v) is 7.56. The number of fused-ring (bicyclic) bond motifs is 1. The molecule has 30 heavy (non-hydrogen) atoms. The van der Waals surface area contributed by atoms with Gasteiger partial charge in [0.2, 0.25) is 12.0 Å². The molecule has 0 saturated heterocycles. The maximum absolute atomic E-state index is 14.0. The van der Waals surface area contributed by atoms with Crippen LogP contribution >= 0.6 is 0 Å². The summed E-state index contributed by atoms with van der Waals surface area (Å²) < 4.78 is 33.6. The molecule has 2 heterocycles. The van der Waals surface area contributed by atoms with Crippen molar-refractivity contribution in [2.45, 2.75) is 31.9 Å². The van der Waals surface area contributed by atoms with Crippen LogP contribution in [0.3, 0.4) is 0 Å². The lowest BCUT2D eigenvalue weighted by atomic mass is 9.91. The Hall–Kier alpha value is -3.32. The van der Waals surface area contributed by atoms with E-state index in [1.807, 2.05) is 49.2 Å². The number of hydrogen-bond acceptors (Lipinski definition) is 4. The van der Waals surface area contributed by atoms with Gasteiger partial charge in [-0.05, 0) is 37.5 Å². The molecule has 0 N–H and O–H groups in total. The third-order valence-electron chi connectivity index (χ3n) is 5.74. The van der Waals surface area contributed by atoms with Crippen molar-refractivity contribution in [2.24, 2.45) is 9.98 Å². The molecule has 5 nitrogen and oxygen atoms in total. The zero-order valence-corrected chi connectivity index (χ0v) is 16.3. The summed E-state index contributed by atoms with van der Waals surface area (Å²) in [6, 6.07) is 12.2. The summed E-state index contributed by atoms with van der Waals surface area (Å²) in [6.45, 7) is -0.0460. The first-order valence-electron chi connectivity index (χ1n) is 9.97. The van der Waals surface area contributed by atoms with Crippen molar-refractivity contribution in [1.82, 2.24) is 0 Å². The van der Waals surface area contributed by atoms with E-state index < -0.39 is 11.6 Å². The van der Waals surface area contributed by atoms with Crippen molar-refractivity contribution in [2.75, 3.05) is 5.01 Å². The van der Waals surface area contributed by atoms with Crippen LogP contribution in [0, 0.1) is 11.6 Å². The predicted octanol–water partition coefficient (Wildman–Crippen LogP) is 5.07. The van der Waals surface area contributed by atoms with Gasteiger partial charge in [-0.25, -0.2) is 18.8 Å². The number of rotatable bonds is 6. The summed E-state index contributed by atoms with van der Waals surface area (Å²) in [6.07, 6.45) is 12.7. The fourth-order valence-corrected chi connectivity index (χ4v) is 3.97. The Kier molecular flexibility index (Phi) is 4.67. The van der Waals surface area contributed by atoms with Gasteiger partial charge in [-0.15, -0.1) is 4.59 Å². The molecule has 152 valence electrons. The van der Waals surface area contributed by atoms with Gasteiger partial charge in [0.15, 0.2) is 17.8 Å². The standard InChI is InChI=1S/C23H21F2N4O/c24-22-9-1-4-17(23(22)25)15-30-21-8-3-7-19(12-21)28(18-5-2-6-18)29-11-10-26-13-20(29)14-27-16-29/h1,3-4,7-14,16,18H,2,5-6,15H2/q+1. The summed E-state index contributed by atoms with van der Waals surface area (Å²) in [5.41, 5.74) is 2.12. The predicted molar refractivity (Wildman–Crippen MR) is 112 cm³/mol. The Morgan fingerprint density at radius 2 is 1.97 bits per heavy atom. The second kappa shape index (κ2) is 7.50. The Labute approximate surface area is 173 Å². The molecule has 0 spiro atoms. The van der Waals surface area contributed by atoms with Gasteiger partial charge in [-0.2, -0.15) is 0 Å². The molecule has 2 aliphatic heterocycles. The van der Waals surface area contributed by atoms with Gasteiger partial charge in [-0.1, -0.05) is 18.2 Å². The van der Waals surface area contributed by atoms with Crippen LogP contribution in [0.15, 0.2) is 76.7 Å². The normalized spacial score (nSPS) is 21.9. The molecule has 1 aliphatic carbocycles. The highest BCUT2D eigenvalue weighted by atomic mass is 19.2. The van der Waals surface area contributed by atoms with E-state index in [0.717, 1.165) is 30.3 Å². The van der Waals surface area contributed by atoms with E-state index >= 15 is 0 Å². The molecule has 0 amide bonds.